The van der Waals surface area contributed by atoms with E-state index in [1.54, 1.807) is 50.2 Å². The van der Waals surface area contributed by atoms with E-state index in [0.29, 0.717) is 5.69 Å². The molecule has 0 bridgehead atoms. The third kappa shape index (κ3) is 3.73. The lowest BCUT2D eigenvalue weighted by atomic mass is 10.1. The van der Waals surface area contributed by atoms with Gasteiger partial charge in [-0.3, -0.25) is 4.31 Å². The lowest BCUT2D eigenvalue weighted by molar-refractivity contribution is -0.144. The zero-order chi connectivity index (χ0) is 20.3. The molecule has 146 valence electrons. The third-order valence-corrected chi connectivity index (χ3v) is 6.46. The maximum atomic E-state index is 13.6. The van der Waals surface area contributed by atoms with Crippen LogP contribution in [0.25, 0.3) is 10.8 Å². The van der Waals surface area contributed by atoms with Gasteiger partial charge in [-0.2, -0.15) is 0 Å². The molecule has 6 heteroatoms. The number of ether oxygens (including phenoxy) is 1. The van der Waals surface area contributed by atoms with E-state index in [0.717, 1.165) is 20.6 Å². The largest absolute Gasteiger partial charge is 0.464 e. The molecule has 0 aliphatic heterocycles. The molecule has 3 rings (SSSR count). The highest BCUT2D eigenvalue weighted by molar-refractivity contribution is 7.93. The number of benzene rings is 3. The molecule has 3 aromatic rings. The van der Waals surface area contributed by atoms with Crippen molar-refractivity contribution in [2.75, 3.05) is 10.9 Å². The Morgan fingerprint density at radius 3 is 2.32 bits per heavy atom. The maximum Gasteiger partial charge on any atom is 0.329 e. The number of anilines is 1. The lowest BCUT2D eigenvalue weighted by Crippen LogP contribution is -2.44. The Bertz CT molecular complexity index is 1090. The van der Waals surface area contributed by atoms with Crippen molar-refractivity contribution < 1.29 is 17.9 Å². The third-order valence-electron chi connectivity index (χ3n) is 4.56. The van der Waals surface area contributed by atoms with Crippen LogP contribution in [0.3, 0.4) is 0 Å². The summed E-state index contributed by atoms with van der Waals surface area (Å²) in [5, 5.41) is 1.64. The van der Waals surface area contributed by atoms with E-state index >= 15 is 0 Å². The average molecular weight is 397 g/mol. The average Bonchev–Trinajstić information content (AvgIpc) is 2.68. The first-order valence-electron chi connectivity index (χ1n) is 9.11. The van der Waals surface area contributed by atoms with Crippen LogP contribution in [0.4, 0.5) is 5.69 Å². The summed E-state index contributed by atoms with van der Waals surface area (Å²) in [5.74, 6) is -0.592. The number of fused-ring (bicyclic) bond motifs is 1. The van der Waals surface area contributed by atoms with Crippen molar-refractivity contribution in [2.24, 2.45) is 0 Å². The predicted molar refractivity (Wildman–Crippen MR) is 111 cm³/mol. The number of hydrogen-bond donors (Lipinski definition) is 0. The van der Waals surface area contributed by atoms with Crippen LogP contribution in [-0.2, 0) is 19.6 Å². The molecule has 3 aromatic carbocycles. The first-order chi connectivity index (χ1) is 13.4. The Hall–Kier alpha value is -2.86. The Balaban J connectivity index is 2.23. The monoisotopic (exact) mass is 397 g/mol. The molecule has 0 spiro atoms. The number of esters is 1. The molecule has 0 aliphatic rings. The Kier molecular flexibility index (Phi) is 5.70. The Labute approximate surface area is 165 Å². The summed E-state index contributed by atoms with van der Waals surface area (Å²) < 4.78 is 33.4. The fourth-order valence-electron chi connectivity index (χ4n) is 3.13. The van der Waals surface area contributed by atoms with Crippen molar-refractivity contribution in [3.05, 3.63) is 72.3 Å². The van der Waals surface area contributed by atoms with Gasteiger partial charge in [0.05, 0.1) is 17.2 Å². The van der Waals surface area contributed by atoms with Crippen molar-refractivity contribution in [3.8, 4) is 0 Å². The molecule has 5 nitrogen and oxygen atoms in total. The molecule has 28 heavy (non-hydrogen) atoms. The minimum absolute atomic E-state index is 0.127. The van der Waals surface area contributed by atoms with E-state index in [-0.39, 0.29) is 11.5 Å². The van der Waals surface area contributed by atoms with E-state index in [1.807, 2.05) is 37.3 Å². The van der Waals surface area contributed by atoms with Gasteiger partial charge >= 0.3 is 5.97 Å². The Morgan fingerprint density at radius 1 is 1.00 bits per heavy atom. The van der Waals surface area contributed by atoms with Gasteiger partial charge in [-0.1, -0.05) is 54.1 Å². The van der Waals surface area contributed by atoms with Crippen molar-refractivity contribution >= 4 is 32.5 Å². The van der Waals surface area contributed by atoms with Crippen LogP contribution in [0.5, 0.6) is 0 Å². The van der Waals surface area contributed by atoms with E-state index in [4.69, 9.17) is 4.74 Å². The van der Waals surface area contributed by atoms with Crippen LogP contribution in [0.2, 0.25) is 0 Å². The molecule has 0 N–H and O–H groups in total. The maximum absolute atomic E-state index is 13.6. The molecule has 0 aromatic heterocycles. The van der Waals surface area contributed by atoms with Gasteiger partial charge in [0.2, 0.25) is 0 Å². The number of rotatable bonds is 6. The van der Waals surface area contributed by atoms with Crippen LogP contribution in [0, 0.1) is 6.92 Å². The fourth-order valence-corrected chi connectivity index (χ4v) is 4.76. The number of carbonyl (C=O) groups is 1. The fraction of sp³-hybridized carbons (Fsp3) is 0.227. The molecule has 0 saturated heterocycles. The van der Waals surface area contributed by atoms with Gasteiger partial charge in [-0.25, -0.2) is 13.2 Å². The van der Waals surface area contributed by atoms with E-state index < -0.39 is 22.0 Å². The number of hydrogen-bond acceptors (Lipinski definition) is 4. The van der Waals surface area contributed by atoms with Crippen LogP contribution in [-0.4, -0.2) is 27.0 Å². The van der Waals surface area contributed by atoms with E-state index in [2.05, 4.69) is 0 Å². The van der Waals surface area contributed by atoms with Gasteiger partial charge in [-0.05, 0) is 44.4 Å². The highest BCUT2D eigenvalue weighted by Crippen LogP contribution is 2.33. The van der Waals surface area contributed by atoms with Crippen molar-refractivity contribution in [3.63, 3.8) is 0 Å². The van der Waals surface area contributed by atoms with Crippen LogP contribution in [0.15, 0.2) is 71.6 Å². The summed E-state index contributed by atoms with van der Waals surface area (Å²) in [7, 11) is -3.99. The topological polar surface area (TPSA) is 63.7 Å². The van der Waals surface area contributed by atoms with Crippen LogP contribution < -0.4 is 4.31 Å². The molecule has 0 fully saturated rings. The molecular formula is C22H23NO4S. The van der Waals surface area contributed by atoms with E-state index in [1.165, 1.54) is 0 Å². The minimum atomic E-state index is -3.99. The second-order valence-electron chi connectivity index (χ2n) is 6.54. The summed E-state index contributed by atoms with van der Waals surface area (Å²) in [6, 6.07) is 18.5. The molecule has 0 heterocycles. The normalized spacial score (nSPS) is 12.5. The summed E-state index contributed by atoms with van der Waals surface area (Å²) in [6.45, 7) is 5.31. The van der Waals surface area contributed by atoms with E-state index in [9.17, 15) is 13.2 Å². The predicted octanol–water partition coefficient (Wildman–Crippen LogP) is 4.30. The lowest BCUT2D eigenvalue weighted by Gasteiger charge is -2.30. The van der Waals surface area contributed by atoms with Crippen LogP contribution >= 0.6 is 0 Å². The molecule has 0 aliphatic carbocycles. The molecule has 0 saturated carbocycles. The first kappa shape index (κ1) is 19.9. The smallest absolute Gasteiger partial charge is 0.329 e. The first-order valence-corrected chi connectivity index (χ1v) is 10.6. The number of aryl methyl sites for hydroxylation is 1. The quantitative estimate of drug-likeness (QED) is 0.582. The van der Waals surface area contributed by atoms with Crippen LogP contribution in [0.1, 0.15) is 19.4 Å². The van der Waals surface area contributed by atoms with Gasteiger partial charge < -0.3 is 4.74 Å². The zero-order valence-electron chi connectivity index (χ0n) is 16.1. The van der Waals surface area contributed by atoms with Crippen molar-refractivity contribution in [1.82, 2.24) is 0 Å². The summed E-state index contributed by atoms with van der Waals surface area (Å²) in [4.78, 5) is 12.6. The van der Waals surface area contributed by atoms with Gasteiger partial charge in [0.25, 0.3) is 10.0 Å². The molecule has 0 radical (unpaired) electrons. The molecule has 1 atom stereocenters. The number of nitrogens with zero attached hydrogens (tertiary/aromatic N) is 1. The number of carbonyl (C=O) groups excluding carboxylic acids is 1. The van der Waals surface area contributed by atoms with Crippen molar-refractivity contribution in [1.29, 1.82) is 0 Å². The SMILES string of the molecule is CCOC(=O)[C@@H](C)N(c1cccc2ccccc12)S(=O)(=O)c1ccc(C)cc1. The highest BCUT2D eigenvalue weighted by atomic mass is 32.2. The van der Waals surface area contributed by atoms with Gasteiger partial charge in [0.15, 0.2) is 0 Å². The van der Waals surface area contributed by atoms with Crippen molar-refractivity contribution in [2.45, 2.75) is 31.7 Å². The highest BCUT2D eigenvalue weighted by Gasteiger charge is 2.35. The molecular weight excluding hydrogens is 374 g/mol. The second kappa shape index (κ2) is 8.02. The van der Waals surface area contributed by atoms with Gasteiger partial charge in [0, 0.05) is 5.39 Å². The standard InChI is InChI=1S/C22H23NO4S/c1-4-27-22(24)17(3)23(28(25,26)19-14-12-16(2)13-15-19)21-11-7-9-18-8-5-6-10-20(18)21/h5-15,17H,4H2,1-3H3/t17-/m1/s1. The minimum Gasteiger partial charge on any atom is -0.464 e. The number of sulfonamides is 1. The zero-order valence-corrected chi connectivity index (χ0v) is 16.9. The molecule has 0 unspecified atom stereocenters. The second-order valence-corrected chi connectivity index (χ2v) is 8.36. The summed E-state index contributed by atoms with van der Waals surface area (Å²) in [5.41, 5.74) is 1.40. The summed E-state index contributed by atoms with van der Waals surface area (Å²) in [6.07, 6.45) is 0. The Morgan fingerprint density at radius 2 is 1.64 bits per heavy atom. The summed E-state index contributed by atoms with van der Waals surface area (Å²) >= 11 is 0. The molecule has 0 amide bonds. The van der Waals surface area contributed by atoms with Gasteiger partial charge in [0.1, 0.15) is 6.04 Å². The van der Waals surface area contributed by atoms with Gasteiger partial charge in [-0.15, -0.1) is 0 Å².